The summed E-state index contributed by atoms with van der Waals surface area (Å²) in [6.07, 6.45) is 4.01. The molecule has 110 valence electrons. The molecule has 1 aliphatic rings. The SMILES string of the molecule is Cn1cc([N+](=O)[O-])c(N2CCCC(CCC(=O)O)C2)n1. The molecule has 1 atom stereocenters. The summed E-state index contributed by atoms with van der Waals surface area (Å²) < 4.78 is 1.44. The minimum atomic E-state index is -0.800. The average molecular weight is 282 g/mol. The van der Waals surface area contributed by atoms with Crippen LogP contribution in [0.5, 0.6) is 0 Å². The second kappa shape index (κ2) is 5.89. The molecule has 8 heteroatoms. The summed E-state index contributed by atoms with van der Waals surface area (Å²) in [6.45, 7) is 1.35. The molecule has 0 spiro atoms. The van der Waals surface area contributed by atoms with Gasteiger partial charge in [0.1, 0.15) is 6.20 Å². The lowest BCUT2D eigenvalue weighted by Crippen LogP contribution is -2.36. The number of carbonyl (C=O) groups is 1. The van der Waals surface area contributed by atoms with E-state index < -0.39 is 10.9 Å². The minimum absolute atomic E-state index is 0.00591. The number of nitrogens with zero attached hydrogens (tertiary/aromatic N) is 4. The average Bonchev–Trinajstić information content (AvgIpc) is 2.79. The standard InChI is InChI=1S/C12H18N4O4/c1-14-8-10(16(19)20)12(13-14)15-6-2-3-9(7-15)4-5-11(17)18/h8-9H,2-7H2,1H3,(H,17,18). The topological polar surface area (TPSA) is 102 Å². The summed E-state index contributed by atoms with van der Waals surface area (Å²) in [6, 6.07) is 0. The molecular formula is C12H18N4O4. The normalized spacial score (nSPS) is 19.1. The molecule has 0 amide bonds. The Morgan fingerprint density at radius 3 is 3.05 bits per heavy atom. The van der Waals surface area contributed by atoms with E-state index in [-0.39, 0.29) is 18.0 Å². The van der Waals surface area contributed by atoms with Crippen molar-refractivity contribution in [1.29, 1.82) is 0 Å². The number of hydrogen-bond donors (Lipinski definition) is 1. The third-order valence-electron chi connectivity index (χ3n) is 3.57. The number of carboxylic acids is 1. The quantitative estimate of drug-likeness (QED) is 0.647. The molecule has 8 nitrogen and oxygen atoms in total. The molecule has 0 aliphatic carbocycles. The van der Waals surface area contributed by atoms with Crippen LogP contribution in [0.25, 0.3) is 0 Å². The maximum Gasteiger partial charge on any atom is 0.330 e. The highest BCUT2D eigenvalue weighted by Gasteiger charge is 2.28. The molecule has 2 heterocycles. The van der Waals surface area contributed by atoms with Gasteiger partial charge in [-0.2, -0.15) is 0 Å². The Morgan fingerprint density at radius 1 is 1.65 bits per heavy atom. The molecule has 1 saturated heterocycles. The van der Waals surface area contributed by atoms with Crippen molar-refractivity contribution in [3.05, 3.63) is 16.3 Å². The number of aryl methyl sites for hydroxylation is 1. The van der Waals surface area contributed by atoms with Crippen LogP contribution in [-0.2, 0) is 11.8 Å². The van der Waals surface area contributed by atoms with E-state index in [0.717, 1.165) is 19.4 Å². The first kappa shape index (κ1) is 14.3. The fourth-order valence-corrected chi connectivity index (χ4v) is 2.64. The molecule has 1 fully saturated rings. The van der Waals surface area contributed by atoms with Crippen molar-refractivity contribution in [2.45, 2.75) is 25.7 Å². The van der Waals surface area contributed by atoms with Gasteiger partial charge in [0.15, 0.2) is 0 Å². The first-order chi connectivity index (χ1) is 9.47. The largest absolute Gasteiger partial charge is 0.481 e. The maximum absolute atomic E-state index is 11.0. The van der Waals surface area contributed by atoms with Gasteiger partial charge in [-0.15, -0.1) is 5.10 Å². The third kappa shape index (κ3) is 3.25. The zero-order valence-corrected chi connectivity index (χ0v) is 11.4. The van der Waals surface area contributed by atoms with Crippen LogP contribution in [0.15, 0.2) is 6.20 Å². The monoisotopic (exact) mass is 282 g/mol. The highest BCUT2D eigenvalue weighted by molar-refractivity contribution is 5.66. The van der Waals surface area contributed by atoms with E-state index in [9.17, 15) is 14.9 Å². The molecule has 1 unspecified atom stereocenters. The van der Waals surface area contributed by atoms with Crippen LogP contribution in [0.2, 0.25) is 0 Å². The Morgan fingerprint density at radius 2 is 2.40 bits per heavy atom. The van der Waals surface area contributed by atoms with Crippen LogP contribution < -0.4 is 4.90 Å². The number of rotatable bonds is 5. The first-order valence-corrected chi connectivity index (χ1v) is 6.62. The van der Waals surface area contributed by atoms with E-state index in [1.54, 1.807) is 7.05 Å². The van der Waals surface area contributed by atoms with Crippen molar-refractivity contribution >= 4 is 17.5 Å². The number of hydrogen-bond acceptors (Lipinski definition) is 5. The Bertz CT molecular complexity index is 514. The molecule has 0 bridgehead atoms. The number of aliphatic carboxylic acids is 1. The van der Waals surface area contributed by atoms with Gasteiger partial charge >= 0.3 is 11.7 Å². The number of anilines is 1. The van der Waals surface area contributed by atoms with Crippen molar-refractivity contribution in [3.8, 4) is 0 Å². The Labute approximate surface area is 116 Å². The van der Waals surface area contributed by atoms with Crippen molar-refractivity contribution in [3.63, 3.8) is 0 Å². The van der Waals surface area contributed by atoms with E-state index in [2.05, 4.69) is 5.10 Å². The predicted octanol–water partition coefficient (Wildman–Crippen LogP) is 1.41. The van der Waals surface area contributed by atoms with E-state index in [1.165, 1.54) is 10.9 Å². The van der Waals surface area contributed by atoms with E-state index in [1.807, 2.05) is 4.90 Å². The molecule has 0 radical (unpaired) electrons. The van der Waals surface area contributed by atoms with Crippen molar-refractivity contribution in [2.24, 2.45) is 13.0 Å². The molecule has 20 heavy (non-hydrogen) atoms. The third-order valence-corrected chi connectivity index (χ3v) is 3.57. The predicted molar refractivity (Wildman–Crippen MR) is 71.7 cm³/mol. The van der Waals surface area contributed by atoms with Crippen LogP contribution in [0.4, 0.5) is 11.5 Å². The Hall–Kier alpha value is -2.12. The smallest absolute Gasteiger partial charge is 0.330 e. The van der Waals surface area contributed by atoms with E-state index >= 15 is 0 Å². The summed E-state index contributed by atoms with van der Waals surface area (Å²) in [5, 5.41) is 23.9. The van der Waals surface area contributed by atoms with Gasteiger partial charge < -0.3 is 10.0 Å². The highest BCUT2D eigenvalue weighted by Crippen LogP contribution is 2.31. The lowest BCUT2D eigenvalue weighted by molar-refractivity contribution is -0.384. The lowest BCUT2D eigenvalue weighted by atomic mass is 9.93. The van der Waals surface area contributed by atoms with Crippen LogP contribution in [0.1, 0.15) is 25.7 Å². The molecule has 1 aromatic rings. The van der Waals surface area contributed by atoms with Gasteiger partial charge in [0.25, 0.3) is 0 Å². The molecule has 1 aromatic heterocycles. The van der Waals surface area contributed by atoms with Crippen LogP contribution >= 0.6 is 0 Å². The van der Waals surface area contributed by atoms with Crippen LogP contribution in [0, 0.1) is 16.0 Å². The fourth-order valence-electron chi connectivity index (χ4n) is 2.64. The van der Waals surface area contributed by atoms with Gasteiger partial charge in [-0.3, -0.25) is 19.6 Å². The van der Waals surface area contributed by atoms with Gasteiger partial charge in [-0.05, 0) is 25.2 Å². The van der Waals surface area contributed by atoms with E-state index in [0.29, 0.717) is 18.8 Å². The first-order valence-electron chi connectivity index (χ1n) is 6.62. The maximum atomic E-state index is 11.0. The fraction of sp³-hybridized carbons (Fsp3) is 0.667. The summed E-state index contributed by atoms with van der Waals surface area (Å²) in [5.41, 5.74) is 0.00591. The summed E-state index contributed by atoms with van der Waals surface area (Å²) in [5.74, 6) is -0.162. The van der Waals surface area contributed by atoms with Gasteiger partial charge in [0, 0.05) is 26.6 Å². The number of piperidine rings is 1. The number of aromatic nitrogens is 2. The molecule has 0 saturated carbocycles. The van der Waals surface area contributed by atoms with Gasteiger partial charge in [0.05, 0.1) is 4.92 Å². The van der Waals surface area contributed by atoms with Crippen molar-refractivity contribution < 1.29 is 14.8 Å². The minimum Gasteiger partial charge on any atom is -0.481 e. The lowest BCUT2D eigenvalue weighted by Gasteiger charge is -2.32. The Kier molecular flexibility index (Phi) is 4.21. The molecule has 2 rings (SSSR count). The van der Waals surface area contributed by atoms with Gasteiger partial charge in [-0.1, -0.05) is 0 Å². The molecule has 1 N–H and O–H groups in total. The van der Waals surface area contributed by atoms with Gasteiger partial charge in [0.2, 0.25) is 5.82 Å². The summed E-state index contributed by atoms with van der Waals surface area (Å²) in [7, 11) is 1.66. The summed E-state index contributed by atoms with van der Waals surface area (Å²) in [4.78, 5) is 23.1. The zero-order chi connectivity index (χ0) is 14.7. The molecule has 0 aromatic carbocycles. The number of nitro groups is 1. The highest BCUT2D eigenvalue weighted by atomic mass is 16.6. The van der Waals surface area contributed by atoms with Gasteiger partial charge in [-0.25, -0.2) is 0 Å². The van der Waals surface area contributed by atoms with Crippen LogP contribution in [0.3, 0.4) is 0 Å². The zero-order valence-electron chi connectivity index (χ0n) is 11.4. The Balaban J connectivity index is 2.08. The van der Waals surface area contributed by atoms with Crippen molar-refractivity contribution in [1.82, 2.24) is 9.78 Å². The second-order valence-corrected chi connectivity index (χ2v) is 5.16. The second-order valence-electron chi connectivity index (χ2n) is 5.16. The van der Waals surface area contributed by atoms with Crippen LogP contribution in [-0.4, -0.2) is 38.9 Å². The number of carboxylic acid groups (broad SMARTS) is 1. The van der Waals surface area contributed by atoms with E-state index in [4.69, 9.17) is 5.11 Å². The summed E-state index contributed by atoms with van der Waals surface area (Å²) >= 11 is 0. The van der Waals surface area contributed by atoms with Crippen molar-refractivity contribution in [2.75, 3.05) is 18.0 Å². The molecule has 1 aliphatic heterocycles. The molecular weight excluding hydrogens is 264 g/mol.